The summed E-state index contributed by atoms with van der Waals surface area (Å²) in [6.45, 7) is 6.00. The minimum Gasteiger partial charge on any atom is -0.378 e. The summed E-state index contributed by atoms with van der Waals surface area (Å²) in [4.78, 5) is 0. The Kier molecular flexibility index (Phi) is 3.86. The van der Waals surface area contributed by atoms with Crippen LogP contribution in [0.4, 0.5) is 0 Å². The zero-order valence-corrected chi connectivity index (χ0v) is 13.2. The van der Waals surface area contributed by atoms with E-state index in [4.69, 9.17) is 9.47 Å². The van der Waals surface area contributed by atoms with E-state index in [-0.39, 0.29) is 17.0 Å². The molecule has 0 N–H and O–H groups in total. The molecule has 1 aliphatic carbocycles. The number of hydrogen-bond donors (Lipinski definition) is 0. The van der Waals surface area contributed by atoms with Gasteiger partial charge in [-0.3, -0.25) is 0 Å². The molecule has 0 aromatic rings. The van der Waals surface area contributed by atoms with Crippen LogP contribution in [0.1, 0.15) is 39.5 Å². The zero-order chi connectivity index (χ0) is 14.4. The molecular formula is C14H25NO4S. The number of ether oxygens (including phenoxy) is 2. The Morgan fingerprint density at radius 1 is 1.30 bits per heavy atom. The van der Waals surface area contributed by atoms with Gasteiger partial charge in [-0.1, -0.05) is 0 Å². The summed E-state index contributed by atoms with van der Waals surface area (Å²) in [5, 5.41) is -0.356. The van der Waals surface area contributed by atoms with Crippen molar-refractivity contribution in [2.45, 2.75) is 56.5 Å². The Labute approximate surface area is 121 Å². The maximum Gasteiger partial charge on any atom is 0.216 e. The molecular weight excluding hydrogens is 278 g/mol. The predicted molar refractivity (Wildman–Crippen MR) is 76.0 cm³/mol. The molecule has 0 radical (unpaired) electrons. The highest BCUT2D eigenvalue weighted by molar-refractivity contribution is 7.89. The third kappa shape index (κ3) is 2.89. The first kappa shape index (κ1) is 14.8. The highest BCUT2D eigenvalue weighted by Gasteiger charge is 2.52. The van der Waals surface area contributed by atoms with Crippen LogP contribution in [0.3, 0.4) is 0 Å². The van der Waals surface area contributed by atoms with Gasteiger partial charge in [0.2, 0.25) is 10.0 Å². The highest BCUT2D eigenvalue weighted by Crippen LogP contribution is 2.38. The van der Waals surface area contributed by atoms with Gasteiger partial charge in [-0.25, -0.2) is 8.42 Å². The molecule has 3 fully saturated rings. The molecule has 0 amide bonds. The highest BCUT2D eigenvalue weighted by atomic mass is 32.2. The van der Waals surface area contributed by atoms with E-state index in [2.05, 4.69) is 0 Å². The van der Waals surface area contributed by atoms with Gasteiger partial charge < -0.3 is 9.47 Å². The molecule has 1 spiro atoms. The van der Waals surface area contributed by atoms with Crippen LogP contribution in [0.25, 0.3) is 0 Å². The Bertz CT molecular complexity index is 452. The van der Waals surface area contributed by atoms with Crippen LogP contribution in [-0.2, 0) is 19.5 Å². The van der Waals surface area contributed by atoms with Crippen LogP contribution < -0.4 is 0 Å². The van der Waals surface area contributed by atoms with Crippen LogP contribution in [0, 0.1) is 5.92 Å². The van der Waals surface area contributed by atoms with Crippen molar-refractivity contribution in [3.8, 4) is 0 Å². The number of hydrogen-bond acceptors (Lipinski definition) is 4. The Balaban J connectivity index is 1.53. The van der Waals surface area contributed by atoms with Crippen molar-refractivity contribution in [1.29, 1.82) is 0 Å². The second-order valence-corrected chi connectivity index (χ2v) is 9.27. The van der Waals surface area contributed by atoms with Gasteiger partial charge in [0.15, 0.2) is 0 Å². The lowest BCUT2D eigenvalue weighted by atomic mass is 9.86. The predicted octanol–water partition coefficient (Wildman–Crippen LogP) is 1.38. The lowest BCUT2D eigenvalue weighted by Gasteiger charge is -2.52. The van der Waals surface area contributed by atoms with Crippen molar-refractivity contribution in [2.24, 2.45) is 5.92 Å². The van der Waals surface area contributed by atoms with Gasteiger partial charge in [-0.2, -0.15) is 4.31 Å². The quantitative estimate of drug-likeness (QED) is 0.770. The number of sulfonamides is 1. The van der Waals surface area contributed by atoms with Crippen molar-refractivity contribution in [1.82, 2.24) is 4.31 Å². The summed E-state index contributed by atoms with van der Waals surface area (Å²) >= 11 is 0. The molecule has 2 aliphatic heterocycles. The van der Waals surface area contributed by atoms with Crippen LogP contribution in [-0.4, -0.2) is 56.0 Å². The molecule has 6 heteroatoms. The number of rotatable bonds is 5. The number of nitrogens with zero attached hydrogens (tertiary/aromatic N) is 1. The maximum absolute atomic E-state index is 12.1. The van der Waals surface area contributed by atoms with Crippen LogP contribution in [0.15, 0.2) is 0 Å². The van der Waals surface area contributed by atoms with E-state index in [0.29, 0.717) is 19.7 Å². The Morgan fingerprint density at radius 2 is 2.00 bits per heavy atom. The van der Waals surface area contributed by atoms with Crippen molar-refractivity contribution in [3.63, 3.8) is 0 Å². The molecule has 5 nitrogen and oxygen atoms in total. The lowest BCUT2D eigenvalue weighted by molar-refractivity contribution is -0.179. The largest absolute Gasteiger partial charge is 0.378 e. The average Bonchev–Trinajstić information content (AvgIpc) is 3.17. The van der Waals surface area contributed by atoms with Crippen LogP contribution in [0.2, 0.25) is 0 Å². The lowest BCUT2D eigenvalue weighted by Crippen LogP contribution is -2.67. The Hall–Kier alpha value is -0.170. The fourth-order valence-corrected chi connectivity index (χ4v) is 4.40. The van der Waals surface area contributed by atoms with Gasteiger partial charge in [0, 0.05) is 32.7 Å². The van der Waals surface area contributed by atoms with E-state index >= 15 is 0 Å². The average molecular weight is 303 g/mol. The van der Waals surface area contributed by atoms with E-state index < -0.39 is 10.0 Å². The van der Waals surface area contributed by atoms with Crippen molar-refractivity contribution in [2.75, 3.05) is 26.3 Å². The van der Waals surface area contributed by atoms with Gasteiger partial charge in [0.25, 0.3) is 0 Å². The van der Waals surface area contributed by atoms with Crippen molar-refractivity contribution >= 4 is 10.0 Å². The first-order valence-corrected chi connectivity index (χ1v) is 9.16. The molecule has 3 aliphatic rings. The SMILES string of the molecule is CC(C)S(=O)(=O)N1CC2(C[C@@H](OCC3CC3)CCO2)C1. The van der Waals surface area contributed by atoms with Gasteiger partial charge in [0.1, 0.15) is 0 Å². The molecule has 116 valence electrons. The molecule has 1 saturated carbocycles. The first-order chi connectivity index (χ1) is 9.41. The summed E-state index contributed by atoms with van der Waals surface area (Å²) in [5.41, 5.74) is -0.283. The smallest absolute Gasteiger partial charge is 0.216 e. The standard InChI is InChI=1S/C14H25NO4S/c1-11(2)20(16,17)15-9-14(10-15)7-13(5-6-19-14)18-8-12-3-4-12/h11-13H,3-10H2,1-2H3/t13-/m0/s1. The molecule has 0 unspecified atom stereocenters. The van der Waals surface area contributed by atoms with Gasteiger partial charge in [0.05, 0.1) is 17.0 Å². The van der Waals surface area contributed by atoms with E-state index in [0.717, 1.165) is 25.4 Å². The minimum absolute atomic E-state index is 0.244. The molecule has 2 heterocycles. The summed E-state index contributed by atoms with van der Waals surface area (Å²) in [6, 6.07) is 0. The second-order valence-electron chi connectivity index (χ2n) is 6.78. The third-order valence-corrected chi connectivity index (χ3v) is 6.77. The molecule has 0 aromatic heterocycles. The maximum atomic E-state index is 12.1. The van der Waals surface area contributed by atoms with Crippen LogP contribution >= 0.6 is 0 Å². The summed E-state index contributed by atoms with van der Waals surface area (Å²) in [7, 11) is -3.14. The fraction of sp³-hybridized carbons (Fsp3) is 1.00. The monoisotopic (exact) mass is 303 g/mol. The minimum atomic E-state index is -3.14. The summed E-state index contributed by atoms with van der Waals surface area (Å²) in [5.74, 6) is 0.771. The molecule has 3 rings (SSSR count). The van der Waals surface area contributed by atoms with Gasteiger partial charge in [-0.05, 0) is 39.0 Å². The van der Waals surface area contributed by atoms with E-state index in [1.54, 1.807) is 18.2 Å². The van der Waals surface area contributed by atoms with Crippen LogP contribution in [0.5, 0.6) is 0 Å². The summed E-state index contributed by atoms with van der Waals surface area (Å²) < 4.78 is 37.6. The van der Waals surface area contributed by atoms with Crippen molar-refractivity contribution in [3.05, 3.63) is 0 Å². The summed E-state index contributed by atoms with van der Waals surface area (Å²) in [6.07, 6.45) is 4.62. The molecule has 0 aromatic carbocycles. The van der Waals surface area contributed by atoms with Gasteiger partial charge in [-0.15, -0.1) is 0 Å². The molecule has 0 bridgehead atoms. The van der Waals surface area contributed by atoms with Gasteiger partial charge >= 0.3 is 0 Å². The van der Waals surface area contributed by atoms with Crippen molar-refractivity contribution < 1.29 is 17.9 Å². The normalized spacial score (nSPS) is 30.6. The van der Waals surface area contributed by atoms with E-state index in [1.165, 1.54) is 12.8 Å². The van der Waals surface area contributed by atoms with E-state index in [1.807, 2.05) is 0 Å². The van der Waals surface area contributed by atoms with E-state index in [9.17, 15) is 8.42 Å². The molecule has 2 saturated heterocycles. The third-order valence-electron chi connectivity index (χ3n) is 4.60. The molecule has 20 heavy (non-hydrogen) atoms. The first-order valence-electron chi connectivity index (χ1n) is 7.66. The zero-order valence-electron chi connectivity index (χ0n) is 12.4. The Morgan fingerprint density at radius 3 is 2.60 bits per heavy atom. The topological polar surface area (TPSA) is 55.8 Å². The molecule has 1 atom stereocenters. The fourth-order valence-electron chi connectivity index (χ4n) is 2.98. The second kappa shape index (κ2) is 5.23.